The van der Waals surface area contributed by atoms with E-state index in [2.05, 4.69) is 0 Å². The molecule has 0 aliphatic heterocycles. The molecule has 0 bridgehead atoms. The Morgan fingerprint density at radius 1 is 1.57 bits per heavy atom. The van der Waals surface area contributed by atoms with Crippen molar-refractivity contribution < 1.29 is 9.90 Å². The third kappa shape index (κ3) is 2.47. The Bertz CT molecular complexity index is 390. The number of benzene rings is 1. The molecule has 4 N–H and O–H groups in total. The molecule has 0 amide bonds. The molecule has 0 atom stereocenters. The van der Waals surface area contributed by atoms with Gasteiger partial charge in [0, 0.05) is 10.6 Å². The molecule has 0 saturated carbocycles. The highest BCUT2D eigenvalue weighted by Crippen LogP contribution is 2.18. The summed E-state index contributed by atoms with van der Waals surface area (Å²) >= 11 is 5.80. The standard InChI is InChI=1S/C9H9ClN2O2/c10-7-3-6(9(11)12)2-1-5(7)4-8(13)14/h1-3H,4H2,(H3,11,12)(H,13,14). The van der Waals surface area contributed by atoms with Crippen LogP contribution >= 0.6 is 11.6 Å². The lowest BCUT2D eigenvalue weighted by Gasteiger charge is -2.03. The van der Waals surface area contributed by atoms with E-state index in [1.54, 1.807) is 12.1 Å². The fourth-order valence-electron chi connectivity index (χ4n) is 1.02. The lowest BCUT2D eigenvalue weighted by Crippen LogP contribution is -2.11. The largest absolute Gasteiger partial charge is 0.481 e. The minimum absolute atomic E-state index is 0.0891. The van der Waals surface area contributed by atoms with Crippen molar-refractivity contribution in [1.82, 2.24) is 0 Å². The molecule has 74 valence electrons. The van der Waals surface area contributed by atoms with Crippen molar-refractivity contribution in [2.75, 3.05) is 0 Å². The molecule has 0 aliphatic rings. The minimum Gasteiger partial charge on any atom is -0.481 e. The molecule has 1 aromatic rings. The fourth-order valence-corrected chi connectivity index (χ4v) is 1.27. The number of aliphatic carboxylic acids is 1. The molecule has 1 aromatic carbocycles. The van der Waals surface area contributed by atoms with E-state index in [0.717, 1.165) is 0 Å². The smallest absolute Gasteiger partial charge is 0.307 e. The van der Waals surface area contributed by atoms with Crippen LogP contribution in [0.3, 0.4) is 0 Å². The summed E-state index contributed by atoms with van der Waals surface area (Å²) in [6.07, 6.45) is -0.128. The number of nitrogen functional groups attached to an aromatic ring is 1. The highest BCUT2D eigenvalue weighted by Gasteiger charge is 2.06. The maximum absolute atomic E-state index is 10.4. The van der Waals surface area contributed by atoms with Gasteiger partial charge < -0.3 is 10.8 Å². The van der Waals surface area contributed by atoms with Crippen LogP contribution in [-0.4, -0.2) is 16.9 Å². The average Bonchev–Trinajstić information content (AvgIpc) is 2.07. The van der Waals surface area contributed by atoms with Crippen LogP contribution < -0.4 is 5.73 Å². The Labute approximate surface area is 85.8 Å². The van der Waals surface area contributed by atoms with E-state index in [1.165, 1.54) is 6.07 Å². The number of hydrogen-bond donors (Lipinski definition) is 3. The predicted octanol–water partition coefficient (Wildman–Crippen LogP) is 1.25. The Hall–Kier alpha value is -1.55. The average molecular weight is 213 g/mol. The van der Waals surface area contributed by atoms with Gasteiger partial charge in [0.25, 0.3) is 0 Å². The molecule has 0 radical (unpaired) electrons. The van der Waals surface area contributed by atoms with Gasteiger partial charge in [-0.25, -0.2) is 0 Å². The SMILES string of the molecule is N=C(N)c1ccc(CC(=O)O)c(Cl)c1. The van der Waals surface area contributed by atoms with Gasteiger partial charge in [-0.15, -0.1) is 0 Å². The monoisotopic (exact) mass is 212 g/mol. The summed E-state index contributed by atoms with van der Waals surface area (Å²) in [6, 6.07) is 4.63. The number of rotatable bonds is 3. The molecule has 0 aliphatic carbocycles. The van der Waals surface area contributed by atoms with Gasteiger partial charge in [-0.3, -0.25) is 10.2 Å². The molecule has 14 heavy (non-hydrogen) atoms. The van der Waals surface area contributed by atoms with Crippen molar-refractivity contribution in [3.63, 3.8) is 0 Å². The topological polar surface area (TPSA) is 87.2 Å². The number of halogens is 1. The maximum atomic E-state index is 10.4. The van der Waals surface area contributed by atoms with Crippen LogP contribution in [0, 0.1) is 5.41 Å². The summed E-state index contributed by atoms with van der Waals surface area (Å²) < 4.78 is 0. The van der Waals surface area contributed by atoms with E-state index in [4.69, 9.17) is 27.9 Å². The Kier molecular flexibility index (Phi) is 3.09. The van der Waals surface area contributed by atoms with E-state index < -0.39 is 5.97 Å². The first-order chi connectivity index (χ1) is 6.50. The summed E-state index contributed by atoms with van der Waals surface area (Å²) in [5, 5.41) is 16.0. The van der Waals surface area contributed by atoms with Crippen LogP contribution in [0.15, 0.2) is 18.2 Å². The molecule has 0 saturated heterocycles. The minimum atomic E-state index is -0.942. The van der Waals surface area contributed by atoms with Crippen LogP contribution in [0.4, 0.5) is 0 Å². The van der Waals surface area contributed by atoms with Crippen LogP contribution in [0.2, 0.25) is 5.02 Å². The van der Waals surface area contributed by atoms with Gasteiger partial charge in [-0.05, 0) is 11.6 Å². The van der Waals surface area contributed by atoms with E-state index in [1.807, 2.05) is 0 Å². The number of carbonyl (C=O) groups is 1. The van der Waals surface area contributed by atoms with Gasteiger partial charge in [-0.2, -0.15) is 0 Å². The van der Waals surface area contributed by atoms with Gasteiger partial charge >= 0.3 is 5.97 Å². The van der Waals surface area contributed by atoms with Crippen molar-refractivity contribution in [3.05, 3.63) is 34.3 Å². The molecule has 0 fully saturated rings. The lowest BCUT2D eigenvalue weighted by molar-refractivity contribution is -0.136. The van der Waals surface area contributed by atoms with Crippen LogP contribution in [0.1, 0.15) is 11.1 Å². The molecule has 0 aromatic heterocycles. The first-order valence-corrected chi connectivity index (χ1v) is 4.23. The van der Waals surface area contributed by atoms with Gasteiger partial charge in [0.1, 0.15) is 5.84 Å². The predicted molar refractivity (Wildman–Crippen MR) is 53.8 cm³/mol. The van der Waals surface area contributed by atoms with Gasteiger partial charge in [-0.1, -0.05) is 23.7 Å². The Balaban J connectivity index is 3.01. The fraction of sp³-hybridized carbons (Fsp3) is 0.111. The third-order valence-corrected chi connectivity index (χ3v) is 2.06. The Morgan fingerprint density at radius 3 is 2.64 bits per heavy atom. The number of amidine groups is 1. The van der Waals surface area contributed by atoms with E-state index in [9.17, 15) is 4.79 Å². The maximum Gasteiger partial charge on any atom is 0.307 e. The normalized spacial score (nSPS) is 9.79. The molecule has 0 spiro atoms. The second-order valence-corrected chi connectivity index (χ2v) is 3.20. The summed E-state index contributed by atoms with van der Waals surface area (Å²) in [4.78, 5) is 10.4. The number of carboxylic acids is 1. The van der Waals surface area contributed by atoms with Crippen molar-refractivity contribution >= 4 is 23.4 Å². The first-order valence-electron chi connectivity index (χ1n) is 3.85. The van der Waals surface area contributed by atoms with Crippen molar-refractivity contribution in [1.29, 1.82) is 5.41 Å². The summed E-state index contributed by atoms with van der Waals surface area (Å²) in [5.74, 6) is -1.03. The van der Waals surface area contributed by atoms with Crippen LogP contribution in [0.25, 0.3) is 0 Å². The highest BCUT2D eigenvalue weighted by molar-refractivity contribution is 6.31. The molecule has 4 nitrogen and oxygen atoms in total. The van der Waals surface area contributed by atoms with E-state index in [-0.39, 0.29) is 12.3 Å². The second kappa shape index (κ2) is 4.11. The van der Waals surface area contributed by atoms with Crippen LogP contribution in [-0.2, 0) is 11.2 Å². The molecular formula is C9H9ClN2O2. The number of hydrogen-bond acceptors (Lipinski definition) is 2. The van der Waals surface area contributed by atoms with E-state index in [0.29, 0.717) is 16.1 Å². The van der Waals surface area contributed by atoms with Crippen molar-refractivity contribution in [3.8, 4) is 0 Å². The number of carboxylic acid groups (broad SMARTS) is 1. The van der Waals surface area contributed by atoms with Crippen molar-refractivity contribution in [2.24, 2.45) is 5.73 Å². The molecular weight excluding hydrogens is 204 g/mol. The Morgan fingerprint density at radius 2 is 2.21 bits per heavy atom. The highest BCUT2D eigenvalue weighted by atomic mass is 35.5. The first kappa shape index (κ1) is 10.5. The van der Waals surface area contributed by atoms with Gasteiger partial charge in [0.2, 0.25) is 0 Å². The zero-order valence-corrected chi connectivity index (χ0v) is 8.01. The summed E-state index contributed by atoms with van der Waals surface area (Å²) in [6.45, 7) is 0. The quantitative estimate of drug-likeness (QED) is 0.521. The molecule has 0 unspecified atom stereocenters. The number of nitrogens with one attached hydrogen (secondary N) is 1. The molecule has 5 heteroatoms. The van der Waals surface area contributed by atoms with Crippen LogP contribution in [0.5, 0.6) is 0 Å². The lowest BCUT2D eigenvalue weighted by atomic mass is 10.1. The number of nitrogens with two attached hydrogens (primary N) is 1. The second-order valence-electron chi connectivity index (χ2n) is 2.79. The zero-order chi connectivity index (χ0) is 10.7. The van der Waals surface area contributed by atoms with E-state index >= 15 is 0 Å². The summed E-state index contributed by atoms with van der Waals surface area (Å²) in [7, 11) is 0. The zero-order valence-electron chi connectivity index (χ0n) is 7.25. The van der Waals surface area contributed by atoms with Gasteiger partial charge in [0.15, 0.2) is 0 Å². The summed E-state index contributed by atoms with van der Waals surface area (Å²) in [5.41, 5.74) is 6.25. The molecule has 0 heterocycles. The molecule has 1 rings (SSSR count). The van der Waals surface area contributed by atoms with Crippen molar-refractivity contribution in [2.45, 2.75) is 6.42 Å². The van der Waals surface area contributed by atoms with Gasteiger partial charge in [0.05, 0.1) is 6.42 Å². The third-order valence-electron chi connectivity index (χ3n) is 1.71.